The Balaban J connectivity index is 1.65. The smallest absolute Gasteiger partial charge is 0.231 e. The van der Waals surface area contributed by atoms with Crippen molar-refractivity contribution in [3.05, 3.63) is 41.0 Å². The molecule has 4 nitrogen and oxygen atoms in total. The highest BCUT2D eigenvalue weighted by Crippen LogP contribution is 2.21. The molecule has 0 unspecified atom stereocenters. The first-order chi connectivity index (χ1) is 9.63. The highest BCUT2D eigenvalue weighted by atomic mass is 35.5. The fourth-order valence-electron chi connectivity index (χ4n) is 1.58. The van der Waals surface area contributed by atoms with Crippen LogP contribution in [-0.4, -0.2) is 16.8 Å². The van der Waals surface area contributed by atoms with Crippen molar-refractivity contribution in [1.29, 1.82) is 0 Å². The molecule has 0 bridgehead atoms. The number of halogens is 1. The number of hydrogen-bond acceptors (Lipinski definition) is 4. The lowest BCUT2D eigenvalue weighted by atomic mass is 10.3. The van der Waals surface area contributed by atoms with Gasteiger partial charge in [-0.05, 0) is 43.4 Å². The minimum absolute atomic E-state index is 0.0575. The minimum Gasteiger partial charge on any atom is -0.338 e. The average molecular weight is 311 g/mol. The van der Waals surface area contributed by atoms with Crippen LogP contribution >= 0.6 is 23.4 Å². The van der Waals surface area contributed by atoms with Gasteiger partial charge in [-0.3, -0.25) is 10.1 Å². The summed E-state index contributed by atoms with van der Waals surface area (Å²) < 4.78 is 4.92. The highest BCUT2D eigenvalue weighted by molar-refractivity contribution is 7.99. The number of thioether (sulfide) groups is 1. The summed E-state index contributed by atoms with van der Waals surface area (Å²) in [5.74, 6) is 1.22. The summed E-state index contributed by atoms with van der Waals surface area (Å²) in [5.41, 5.74) is 0.749. The molecule has 0 aliphatic rings. The lowest BCUT2D eigenvalue weighted by molar-refractivity contribution is -0.116. The van der Waals surface area contributed by atoms with Gasteiger partial charge >= 0.3 is 0 Å². The van der Waals surface area contributed by atoms with Gasteiger partial charge in [0, 0.05) is 22.4 Å². The molecule has 0 aliphatic heterocycles. The molecule has 0 saturated heterocycles. The Morgan fingerprint density at radius 2 is 2.15 bits per heavy atom. The Labute approximate surface area is 126 Å². The molecule has 6 heteroatoms. The molecule has 2 aromatic rings. The van der Waals surface area contributed by atoms with Gasteiger partial charge in [0.25, 0.3) is 0 Å². The van der Waals surface area contributed by atoms with E-state index in [9.17, 15) is 4.79 Å². The first kappa shape index (κ1) is 14.9. The van der Waals surface area contributed by atoms with Crippen LogP contribution in [0.25, 0.3) is 0 Å². The fourth-order valence-corrected chi connectivity index (χ4v) is 2.55. The number of aromatic nitrogens is 1. The molecule has 1 amide bonds. The summed E-state index contributed by atoms with van der Waals surface area (Å²) in [5, 5.41) is 7.11. The molecule has 106 valence electrons. The molecule has 0 radical (unpaired) electrons. The molecule has 2 rings (SSSR count). The van der Waals surface area contributed by atoms with Gasteiger partial charge in [-0.2, -0.15) is 0 Å². The minimum atomic E-state index is -0.0575. The lowest BCUT2D eigenvalue weighted by Gasteiger charge is -2.02. The largest absolute Gasteiger partial charge is 0.338 e. The third kappa shape index (κ3) is 4.90. The van der Waals surface area contributed by atoms with Gasteiger partial charge in [-0.25, -0.2) is 0 Å². The molecule has 0 spiro atoms. The predicted octanol–water partition coefficient (Wildman–Crippen LogP) is 4.15. The molecule has 1 aromatic carbocycles. The van der Waals surface area contributed by atoms with Gasteiger partial charge in [-0.1, -0.05) is 16.8 Å². The average Bonchev–Trinajstić information content (AvgIpc) is 2.82. The third-order valence-corrected chi connectivity index (χ3v) is 3.87. The van der Waals surface area contributed by atoms with Crippen LogP contribution in [0.4, 0.5) is 5.88 Å². The Morgan fingerprint density at radius 1 is 1.40 bits per heavy atom. The van der Waals surface area contributed by atoms with E-state index in [1.807, 2.05) is 31.2 Å². The summed E-state index contributed by atoms with van der Waals surface area (Å²) in [6, 6.07) is 9.38. The Bertz CT molecular complexity index is 569. The number of benzene rings is 1. The zero-order valence-corrected chi connectivity index (χ0v) is 12.6. The lowest BCUT2D eigenvalue weighted by Crippen LogP contribution is -2.10. The summed E-state index contributed by atoms with van der Waals surface area (Å²) in [6.07, 6.45) is 1.26. The number of aryl methyl sites for hydroxylation is 1. The van der Waals surface area contributed by atoms with Crippen LogP contribution in [0.5, 0.6) is 0 Å². The van der Waals surface area contributed by atoms with E-state index in [1.165, 1.54) is 0 Å². The number of carbonyl (C=O) groups is 1. The van der Waals surface area contributed by atoms with E-state index in [2.05, 4.69) is 10.5 Å². The van der Waals surface area contributed by atoms with Crippen molar-refractivity contribution in [3.8, 4) is 0 Å². The second-order valence-corrected chi connectivity index (χ2v) is 5.89. The van der Waals surface area contributed by atoms with Crippen molar-refractivity contribution in [3.63, 3.8) is 0 Å². The van der Waals surface area contributed by atoms with Crippen LogP contribution in [0.3, 0.4) is 0 Å². The van der Waals surface area contributed by atoms with Crippen LogP contribution in [0, 0.1) is 6.92 Å². The monoisotopic (exact) mass is 310 g/mol. The van der Waals surface area contributed by atoms with Gasteiger partial charge in [0.2, 0.25) is 11.8 Å². The van der Waals surface area contributed by atoms with Crippen molar-refractivity contribution in [2.24, 2.45) is 0 Å². The molecule has 1 N–H and O–H groups in total. The number of hydrogen-bond donors (Lipinski definition) is 1. The van der Waals surface area contributed by atoms with E-state index in [4.69, 9.17) is 16.1 Å². The number of rotatable bonds is 6. The van der Waals surface area contributed by atoms with Crippen molar-refractivity contribution < 1.29 is 9.32 Å². The van der Waals surface area contributed by atoms with Crippen LogP contribution in [0.15, 0.2) is 39.8 Å². The predicted molar refractivity (Wildman–Crippen MR) is 81.3 cm³/mol. The number of carbonyl (C=O) groups excluding carboxylic acids is 1. The fraction of sp³-hybridized carbons (Fsp3) is 0.286. The quantitative estimate of drug-likeness (QED) is 0.643. The van der Waals surface area contributed by atoms with Crippen LogP contribution in [-0.2, 0) is 4.79 Å². The van der Waals surface area contributed by atoms with Gasteiger partial charge in [0.05, 0.1) is 5.69 Å². The van der Waals surface area contributed by atoms with E-state index in [0.29, 0.717) is 12.3 Å². The van der Waals surface area contributed by atoms with Gasteiger partial charge in [0.1, 0.15) is 0 Å². The van der Waals surface area contributed by atoms with E-state index in [0.717, 1.165) is 27.8 Å². The summed E-state index contributed by atoms with van der Waals surface area (Å²) in [6.45, 7) is 1.81. The zero-order chi connectivity index (χ0) is 14.4. The standard InChI is InChI=1S/C14H15ClN2O2S/c1-10-9-14(19-17-10)16-13(18)3-2-8-20-12-6-4-11(15)5-7-12/h4-7,9H,2-3,8H2,1H3,(H,16,18). The first-order valence-electron chi connectivity index (χ1n) is 6.25. The Morgan fingerprint density at radius 3 is 2.80 bits per heavy atom. The molecular formula is C14H15ClN2O2S. The summed E-state index contributed by atoms with van der Waals surface area (Å²) in [7, 11) is 0. The third-order valence-electron chi connectivity index (χ3n) is 2.52. The van der Waals surface area contributed by atoms with Crippen molar-refractivity contribution >= 4 is 35.2 Å². The van der Waals surface area contributed by atoms with E-state index in [-0.39, 0.29) is 5.91 Å². The second-order valence-electron chi connectivity index (χ2n) is 4.29. The molecule has 0 saturated carbocycles. The number of anilines is 1. The van der Waals surface area contributed by atoms with Crippen LogP contribution in [0.2, 0.25) is 5.02 Å². The normalized spacial score (nSPS) is 10.5. The Hall–Kier alpha value is -1.46. The molecule has 1 aromatic heterocycles. The van der Waals surface area contributed by atoms with Crippen LogP contribution in [0.1, 0.15) is 18.5 Å². The second kappa shape index (κ2) is 7.36. The SMILES string of the molecule is Cc1cc(NC(=O)CCCSc2ccc(Cl)cc2)on1. The van der Waals surface area contributed by atoms with Gasteiger partial charge in [-0.15, -0.1) is 11.8 Å². The maximum Gasteiger partial charge on any atom is 0.231 e. The molecule has 1 heterocycles. The van der Waals surface area contributed by atoms with E-state index in [1.54, 1.807) is 17.8 Å². The van der Waals surface area contributed by atoms with Crippen molar-refractivity contribution in [2.75, 3.05) is 11.1 Å². The van der Waals surface area contributed by atoms with Gasteiger partial charge < -0.3 is 4.52 Å². The maximum atomic E-state index is 11.7. The number of nitrogens with one attached hydrogen (secondary N) is 1. The Kier molecular flexibility index (Phi) is 5.49. The van der Waals surface area contributed by atoms with Gasteiger partial charge in [0.15, 0.2) is 0 Å². The zero-order valence-electron chi connectivity index (χ0n) is 11.1. The molecular weight excluding hydrogens is 296 g/mol. The first-order valence-corrected chi connectivity index (χ1v) is 7.61. The molecule has 20 heavy (non-hydrogen) atoms. The van der Waals surface area contributed by atoms with E-state index < -0.39 is 0 Å². The van der Waals surface area contributed by atoms with Crippen molar-refractivity contribution in [1.82, 2.24) is 5.16 Å². The van der Waals surface area contributed by atoms with E-state index >= 15 is 0 Å². The van der Waals surface area contributed by atoms with Crippen molar-refractivity contribution in [2.45, 2.75) is 24.7 Å². The molecule has 0 aliphatic carbocycles. The van der Waals surface area contributed by atoms with Crippen LogP contribution < -0.4 is 5.32 Å². The maximum absolute atomic E-state index is 11.7. The topological polar surface area (TPSA) is 55.1 Å². The molecule has 0 fully saturated rings. The number of nitrogens with zero attached hydrogens (tertiary/aromatic N) is 1. The molecule has 0 atom stereocenters. The summed E-state index contributed by atoms with van der Waals surface area (Å²) in [4.78, 5) is 12.8. The highest BCUT2D eigenvalue weighted by Gasteiger charge is 2.06. The summed E-state index contributed by atoms with van der Waals surface area (Å²) >= 11 is 7.52. The number of amides is 1.